The van der Waals surface area contributed by atoms with Gasteiger partial charge in [-0.3, -0.25) is 9.78 Å². The molecule has 3 heterocycles. The molecule has 1 aliphatic rings. The Morgan fingerprint density at radius 1 is 1.29 bits per heavy atom. The summed E-state index contributed by atoms with van der Waals surface area (Å²) >= 11 is 1.69. The highest BCUT2D eigenvalue weighted by Crippen LogP contribution is 2.43. The summed E-state index contributed by atoms with van der Waals surface area (Å²) in [7, 11) is 0. The van der Waals surface area contributed by atoms with Crippen LogP contribution in [0.1, 0.15) is 31.2 Å². The van der Waals surface area contributed by atoms with Crippen LogP contribution in [0.2, 0.25) is 0 Å². The third-order valence-electron chi connectivity index (χ3n) is 5.42. The Balaban J connectivity index is 1.72. The topological polar surface area (TPSA) is 80.7 Å². The number of hydrogen-bond acceptors (Lipinski definition) is 6. The quantitative estimate of drug-likeness (QED) is 0.534. The molecule has 162 valence electrons. The minimum absolute atomic E-state index is 0.0138. The van der Waals surface area contributed by atoms with Crippen molar-refractivity contribution in [2.24, 2.45) is 5.92 Å². The number of carbonyl (C=O) groups excluding carboxylic acids is 1. The van der Waals surface area contributed by atoms with E-state index in [0.717, 1.165) is 12.0 Å². The number of allylic oxidation sites excluding steroid dienone is 1. The van der Waals surface area contributed by atoms with E-state index in [1.54, 1.807) is 35.9 Å². The van der Waals surface area contributed by atoms with E-state index in [1.165, 1.54) is 10.1 Å². The molecule has 7 heteroatoms. The number of fused-ring (bicyclic) bond motifs is 1. The van der Waals surface area contributed by atoms with Crippen molar-refractivity contribution < 1.29 is 19.4 Å². The molecule has 3 aromatic rings. The fourth-order valence-corrected chi connectivity index (χ4v) is 5.02. The summed E-state index contributed by atoms with van der Waals surface area (Å²) in [6, 6.07) is 11.8. The van der Waals surface area contributed by atoms with Crippen LogP contribution >= 0.6 is 11.3 Å². The number of hydrogen-bond donors (Lipinski definition) is 2. The van der Waals surface area contributed by atoms with Gasteiger partial charge in [0.1, 0.15) is 0 Å². The molecule has 0 saturated heterocycles. The number of nitrogens with one attached hydrogen (secondary N) is 1. The molecular formula is C24H26N2O4S. The molecule has 0 fully saturated rings. The van der Waals surface area contributed by atoms with Gasteiger partial charge in [0, 0.05) is 35.9 Å². The van der Waals surface area contributed by atoms with Gasteiger partial charge in [0.15, 0.2) is 5.76 Å². The van der Waals surface area contributed by atoms with Crippen molar-refractivity contribution >= 4 is 33.0 Å². The molecule has 0 saturated carbocycles. The fourth-order valence-electron chi connectivity index (χ4n) is 4.01. The molecule has 31 heavy (non-hydrogen) atoms. The molecule has 1 aromatic carbocycles. The molecule has 0 bridgehead atoms. The minimum atomic E-state index is -0.570. The monoisotopic (exact) mass is 438 g/mol. The predicted octanol–water partition coefficient (Wildman–Crippen LogP) is 4.68. The van der Waals surface area contributed by atoms with Crippen LogP contribution in [0.5, 0.6) is 0 Å². The minimum Gasteiger partial charge on any atom is -0.459 e. The molecule has 0 spiro atoms. The number of anilines is 1. The Hall–Kier alpha value is -2.74. The number of rotatable bonds is 8. The SMILES string of the molecule is CCO[C@H]1OC(C(=O)Nc2cccnc2)=C[C@@H](c2csc3ccccc23)[C@H]1CCCO. The highest BCUT2D eigenvalue weighted by atomic mass is 32.1. The molecule has 6 nitrogen and oxygen atoms in total. The van der Waals surface area contributed by atoms with E-state index in [4.69, 9.17) is 9.47 Å². The maximum absolute atomic E-state index is 13.0. The van der Waals surface area contributed by atoms with Gasteiger partial charge in [-0.05, 0) is 60.4 Å². The second-order valence-corrected chi connectivity index (χ2v) is 8.32. The van der Waals surface area contributed by atoms with Gasteiger partial charge in [0.05, 0.1) is 11.9 Å². The van der Waals surface area contributed by atoms with E-state index < -0.39 is 6.29 Å². The van der Waals surface area contributed by atoms with Gasteiger partial charge in [0.25, 0.3) is 5.91 Å². The lowest BCUT2D eigenvalue weighted by Gasteiger charge is -2.36. The lowest BCUT2D eigenvalue weighted by molar-refractivity contribution is -0.164. The molecule has 0 unspecified atom stereocenters. The van der Waals surface area contributed by atoms with Gasteiger partial charge in [-0.1, -0.05) is 18.2 Å². The Labute approximate surface area is 185 Å². The first kappa shape index (κ1) is 21.5. The lowest BCUT2D eigenvalue weighted by atomic mass is 9.80. The first-order valence-corrected chi connectivity index (χ1v) is 11.4. The molecule has 2 N–H and O–H groups in total. The third-order valence-corrected chi connectivity index (χ3v) is 6.41. The number of ether oxygens (including phenoxy) is 2. The van der Waals surface area contributed by atoms with Crippen LogP contribution in [0.15, 0.2) is 66.0 Å². The number of pyridine rings is 1. The zero-order chi connectivity index (χ0) is 21.6. The molecule has 4 rings (SSSR count). The van der Waals surface area contributed by atoms with Crippen molar-refractivity contribution in [1.29, 1.82) is 0 Å². The van der Waals surface area contributed by atoms with Gasteiger partial charge in [-0.2, -0.15) is 0 Å². The van der Waals surface area contributed by atoms with Gasteiger partial charge >= 0.3 is 0 Å². The Morgan fingerprint density at radius 2 is 2.16 bits per heavy atom. The first-order chi connectivity index (χ1) is 15.2. The Bertz CT molecular complexity index is 1050. The smallest absolute Gasteiger partial charge is 0.290 e. The van der Waals surface area contributed by atoms with Gasteiger partial charge in [0.2, 0.25) is 6.29 Å². The number of amides is 1. The maximum Gasteiger partial charge on any atom is 0.290 e. The van der Waals surface area contributed by atoms with E-state index in [1.807, 2.05) is 25.1 Å². The Kier molecular flexibility index (Phi) is 6.96. The summed E-state index contributed by atoms with van der Waals surface area (Å²) in [5, 5.41) is 15.6. The van der Waals surface area contributed by atoms with Crippen molar-refractivity contribution in [1.82, 2.24) is 4.98 Å². The summed E-state index contributed by atoms with van der Waals surface area (Å²) in [4.78, 5) is 17.0. The number of aliphatic hydroxyl groups is 1. The Morgan fingerprint density at radius 3 is 2.94 bits per heavy atom. The van der Waals surface area contributed by atoms with Crippen LogP contribution in [0.4, 0.5) is 5.69 Å². The predicted molar refractivity (Wildman–Crippen MR) is 122 cm³/mol. The second-order valence-electron chi connectivity index (χ2n) is 7.41. The van der Waals surface area contributed by atoms with E-state index >= 15 is 0 Å². The summed E-state index contributed by atoms with van der Waals surface area (Å²) in [5.74, 6) is -0.173. The van der Waals surface area contributed by atoms with Crippen molar-refractivity contribution in [3.8, 4) is 0 Å². The second kappa shape index (κ2) is 10.0. The average molecular weight is 439 g/mol. The van der Waals surface area contributed by atoms with Gasteiger partial charge < -0.3 is 19.9 Å². The van der Waals surface area contributed by atoms with Crippen molar-refractivity contribution in [3.05, 3.63) is 71.6 Å². The molecule has 2 aromatic heterocycles. The molecule has 3 atom stereocenters. The molecule has 0 aliphatic carbocycles. The molecule has 1 amide bonds. The van der Waals surface area contributed by atoms with E-state index in [-0.39, 0.29) is 30.1 Å². The highest BCUT2D eigenvalue weighted by molar-refractivity contribution is 7.17. The lowest BCUT2D eigenvalue weighted by Crippen LogP contribution is -2.37. The maximum atomic E-state index is 13.0. The number of benzene rings is 1. The van der Waals surface area contributed by atoms with Crippen LogP contribution in [0, 0.1) is 5.92 Å². The highest BCUT2D eigenvalue weighted by Gasteiger charge is 2.38. The normalized spacial score (nSPS) is 20.8. The van der Waals surface area contributed by atoms with Gasteiger partial charge in [-0.15, -0.1) is 11.3 Å². The van der Waals surface area contributed by atoms with E-state index in [0.29, 0.717) is 18.7 Å². The number of aromatic nitrogens is 1. The molecular weight excluding hydrogens is 412 g/mol. The van der Waals surface area contributed by atoms with Crippen LogP contribution < -0.4 is 5.32 Å². The van der Waals surface area contributed by atoms with Crippen molar-refractivity contribution in [2.45, 2.75) is 32.0 Å². The van der Waals surface area contributed by atoms with Crippen LogP contribution in [-0.4, -0.2) is 35.5 Å². The summed E-state index contributed by atoms with van der Waals surface area (Å²) in [6.07, 6.45) is 5.94. The molecule has 0 radical (unpaired) electrons. The summed E-state index contributed by atoms with van der Waals surface area (Å²) in [6.45, 7) is 2.48. The first-order valence-electron chi connectivity index (χ1n) is 10.5. The fraction of sp³-hybridized carbons (Fsp3) is 0.333. The summed E-state index contributed by atoms with van der Waals surface area (Å²) in [5.41, 5.74) is 1.76. The largest absolute Gasteiger partial charge is 0.459 e. The van der Waals surface area contributed by atoms with E-state index in [9.17, 15) is 9.90 Å². The number of thiophene rings is 1. The van der Waals surface area contributed by atoms with Crippen molar-refractivity contribution in [3.63, 3.8) is 0 Å². The van der Waals surface area contributed by atoms with Gasteiger partial charge in [-0.25, -0.2) is 0 Å². The van der Waals surface area contributed by atoms with Crippen molar-refractivity contribution in [2.75, 3.05) is 18.5 Å². The number of carbonyl (C=O) groups is 1. The summed E-state index contributed by atoms with van der Waals surface area (Å²) < 4.78 is 13.2. The number of aliphatic hydroxyl groups excluding tert-OH is 1. The zero-order valence-electron chi connectivity index (χ0n) is 17.4. The average Bonchev–Trinajstić information content (AvgIpc) is 3.22. The molecule has 1 aliphatic heterocycles. The van der Waals surface area contributed by atoms with Crippen LogP contribution in [0.25, 0.3) is 10.1 Å². The van der Waals surface area contributed by atoms with E-state index in [2.05, 4.69) is 27.8 Å². The standard InChI is InChI=1S/C24H26N2O4S/c1-2-29-24-18(9-6-12-27)19(20-15-31-22-10-4-3-8-17(20)22)13-21(30-24)23(28)26-16-7-5-11-25-14-16/h3-5,7-8,10-11,13-15,18-19,24,27H,2,6,9,12H2,1H3,(H,26,28)/t18-,19-,24+/m1/s1. The van der Waals surface area contributed by atoms with Crippen LogP contribution in [0.3, 0.4) is 0 Å². The third kappa shape index (κ3) is 4.79. The van der Waals surface area contributed by atoms with Crippen LogP contribution in [-0.2, 0) is 14.3 Å². The number of nitrogens with zero attached hydrogens (tertiary/aromatic N) is 1. The zero-order valence-corrected chi connectivity index (χ0v) is 18.2.